The van der Waals surface area contributed by atoms with E-state index in [-0.39, 0.29) is 0 Å². The number of hydrogen-bond donors (Lipinski definition) is 2. The molecule has 0 amide bonds. The van der Waals surface area contributed by atoms with Gasteiger partial charge in [0.05, 0.1) is 6.04 Å². The first kappa shape index (κ1) is 13.9. The van der Waals surface area contributed by atoms with Crippen LogP contribution in [0.25, 0.3) is 10.9 Å². The molecule has 1 aliphatic carbocycles. The second kappa shape index (κ2) is 5.01. The van der Waals surface area contributed by atoms with Gasteiger partial charge in [0, 0.05) is 28.7 Å². The van der Waals surface area contributed by atoms with Crippen molar-refractivity contribution in [2.45, 2.75) is 32.2 Å². The molecular formula is C22H22N2. The largest absolute Gasteiger partial charge is 0.377 e. The smallest absolute Gasteiger partial charge is 0.0575 e. The predicted octanol–water partition coefficient (Wildman–Crippen LogP) is 5.61. The molecule has 2 N–H and O–H groups in total. The van der Waals surface area contributed by atoms with Crippen molar-refractivity contribution in [2.75, 3.05) is 5.32 Å². The van der Waals surface area contributed by atoms with E-state index in [1.165, 1.54) is 38.8 Å². The number of allylic oxidation sites excluding steroid dienone is 2. The van der Waals surface area contributed by atoms with Crippen molar-refractivity contribution in [1.29, 1.82) is 0 Å². The number of fused-ring (bicyclic) bond motifs is 4. The quantitative estimate of drug-likeness (QED) is 0.561. The molecule has 0 fully saturated rings. The average molecular weight is 314 g/mol. The Balaban J connectivity index is 1.69. The molecule has 1 aliphatic heterocycles. The molecule has 0 saturated carbocycles. The lowest BCUT2D eigenvalue weighted by molar-refractivity contribution is 0.427. The van der Waals surface area contributed by atoms with Crippen LogP contribution in [0.4, 0.5) is 5.69 Å². The lowest BCUT2D eigenvalue weighted by atomic mass is 9.76. The first-order valence-electron chi connectivity index (χ1n) is 8.83. The zero-order chi connectivity index (χ0) is 16.3. The second-order valence-corrected chi connectivity index (χ2v) is 7.24. The summed E-state index contributed by atoms with van der Waals surface area (Å²) in [6.07, 6.45) is 8.13. The number of H-pyrrole nitrogens is 1. The van der Waals surface area contributed by atoms with E-state index >= 15 is 0 Å². The summed E-state index contributed by atoms with van der Waals surface area (Å²) in [4.78, 5) is 3.45. The summed E-state index contributed by atoms with van der Waals surface area (Å²) < 4.78 is 0. The fourth-order valence-electron chi connectivity index (χ4n) is 4.58. The molecule has 2 heterocycles. The molecule has 1 aromatic heterocycles. The number of benzene rings is 2. The lowest BCUT2D eigenvalue weighted by Crippen LogP contribution is -2.29. The molecular weight excluding hydrogens is 292 g/mol. The molecule has 0 saturated heterocycles. The van der Waals surface area contributed by atoms with Crippen LogP contribution in [0.2, 0.25) is 0 Å². The molecule has 2 nitrogen and oxygen atoms in total. The third-order valence-electron chi connectivity index (χ3n) is 6.02. The third-order valence-corrected chi connectivity index (χ3v) is 6.02. The van der Waals surface area contributed by atoms with Crippen LogP contribution in [0.5, 0.6) is 0 Å². The number of hydrogen-bond acceptors (Lipinski definition) is 1. The van der Waals surface area contributed by atoms with E-state index < -0.39 is 0 Å². The van der Waals surface area contributed by atoms with Crippen LogP contribution in [-0.2, 0) is 0 Å². The minimum absolute atomic E-state index is 0.356. The number of anilines is 1. The van der Waals surface area contributed by atoms with Gasteiger partial charge in [-0.2, -0.15) is 0 Å². The van der Waals surface area contributed by atoms with Crippen LogP contribution in [0.1, 0.15) is 40.6 Å². The van der Waals surface area contributed by atoms with Gasteiger partial charge < -0.3 is 10.3 Å². The van der Waals surface area contributed by atoms with E-state index in [9.17, 15) is 0 Å². The summed E-state index contributed by atoms with van der Waals surface area (Å²) >= 11 is 0. The summed E-state index contributed by atoms with van der Waals surface area (Å²) in [7, 11) is 0. The maximum Gasteiger partial charge on any atom is 0.0575 e. The van der Waals surface area contributed by atoms with Gasteiger partial charge in [0.25, 0.3) is 0 Å². The Morgan fingerprint density at radius 2 is 1.88 bits per heavy atom. The highest BCUT2D eigenvalue weighted by Gasteiger charge is 2.39. The number of nitrogens with one attached hydrogen (secondary N) is 2. The molecule has 0 radical (unpaired) electrons. The number of aryl methyl sites for hydroxylation is 1. The molecule has 2 aromatic carbocycles. The van der Waals surface area contributed by atoms with Gasteiger partial charge in [-0.1, -0.05) is 42.5 Å². The Labute approximate surface area is 142 Å². The molecule has 5 rings (SSSR count). The van der Waals surface area contributed by atoms with E-state index in [0.29, 0.717) is 17.9 Å². The van der Waals surface area contributed by atoms with Crippen LogP contribution in [0.3, 0.4) is 0 Å². The SMILES string of the molecule is Cc1ccc2c(c1C)NC(c1c[nH]c3ccccc13)C1CC=CC21. The minimum atomic E-state index is 0.356. The maximum absolute atomic E-state index is 3.91. The van der Waals surface area contributed by atoms with Crippen LogP contribution in [0, 0.1) is 19.8 Å². The van der Waals surface area contributed by atoms with Gasteiger partial charge in [-0.3, -0.25) is 0 Å². The zero-order valence-electron chi connectivity index (χ0n) is 14.1. The average Bonchev–Trinajstić information content (AvgIpc) is 3.24. The van der Waals surface area contributed by atoms with Crippen LogP contribution in [0.15, 0.2) is 54.7 Å². The van der Waals surface area contributed by atoms with Crippen molar-refractivity contribution in [3.8, 4) is 0 Å². The fraction of sp³-hybridized carbons (Fsp3) is 0.273. The Bertz CT molecular complexity index is 963. The van der Waals surface area contributed by atoms with E-state index in [4.69, 9.17) is 0 Å². The Kier molecular flexibility index (Phi) is 2.90. The number of aromatic amines is 1. The van der Waals surface area contributed by atoms with Crippen molar-refractivity contribution in [2.24, 2.45) is 5.92 Å². The summed E-state index contributed by atoms with van der Waals surface area (Å²) in [5.74, 6) is 1.12. The maximum atomic E-state index is 3.91. The van der Waals surface area contributed by atoms with Gasteiger partial charge in [0.1, 0.15) is 0 Å². The van der Waals surface area contributed by atoms with Crippen molar-refractivity contribution >= 4 is 16.6 Å². The predicted molar refractivity (Wildman–Crippen MR) is 101 cm³/mol. The highest BCUT2D eigenvalue weighted by atomic mass is 15.0. The van der Waals surface area contributed by atoms with Gasteiger partial charge in [-0.15, -0.1) is 0 Å². The molecule has 3 unspecified atom stereocenters. The van der Waals surface area contributed by atoms with Gasteiger partial charge in [-0.25, -0.2) is 0 Å². The number of para-hydroxylation sites is 1. The topological polar surface area (TPSA) is 27.8 Å². The fourth-order valence-corrected chi connectivity index (χ4v) is 4.58. The Hall–Kier alpha value is -2.48. The molecule has 0 spiro atoms. The van der Waals surface area contributed by atoms with Crippen molar-refractivity contribution in [1.82, 2.24) is 4.98 Å². The Morgan fingerprint density at radius 1 is 1.00 bits per heavy atom. The van der Waals surface area contributed by atoms with Crippen molar-refractivity contribution in [3.05, 3.63) is 77.0 Å². The highest BCUT2D eigenvalue weighted by Crippen LogP contribution is 2.51. The van der Waals surface area contributed by atoms with Crippen molar-refractivity contribution in [3.63, 3.8) is 0 Å². The number of rotatable bonds is 1. The van der Waals surface area contributed by atoms with Gasteiger partial charge in [-0.05, 0) is 54.5 Å². The van der Waals surface area contributed by atoms with Crippen LogP contribution < -0.4 is 5.32 Å². The van der Waals surface area contributed by atoms with Gasteiger partial charge in [0.2, 0.25) is 0 Å². The van der Waals surface area contributed by atoms with E-state index in [1.807, 2.05) is 0 Å². The van der Waals surface area contributed by atoms with E-state index in [0.717, 1.165) is 6.42 Å². The molecule has 24 heavy (non-hydrogen) atoms. The molecule has 2 heteroatoms. The first-order valence-corrected chi connectivity index (χ1v) is 8.83. The standard InChI is InChI=1S/C22H22N2/c1-13-10-11-18-15-7-5-8-17(15)22(24-21(18)14(13)2)19-12-23-20-9-4-3-6-16(19)20/h3-7,9-12,15,17,22-24H,8H2,1-2H3. The number of aromatic nitrogens is 1. The highest BCUT2D eigenvalue weighted by molar-refractivity contribution is 5.84. The zero-order valence-corrected chi connectivity index (χ0v) is 14.1. The van der Waals surface area contributed by atoms with Gasteiger partial charge >= 0.3 is 0 Å². The molecule has 2 aliphatic rings. The second-order valence-electron chi connectivity index (χ2n) is 7.24. The molecule has 3 atom stereocenters. The normalized spacial score (nSPS) is 24.7. The lowest BCUT2D eigenvalue weighted by Gasteiger charge is -2.38. The summed E-state index contributed by atoms with van der Waals surface area (Å²) in [5, 5.41) is 5.25. The molecule has 3 aromatic rings. The summed E-state index contributed by atoms with van der Waals surface area (Å²) in [6, 6.07) is 13.6. The monoisotopic (exact) mass is 314 g/mol. The molecule has 120 valence electrons. The summed E-state index contributed by atoms with van der Waals surface area (Å²) in [5.41, 5.74) is 8.18. The van der Waals surface area contributed by atoms with Crippen LogP contribution >= 0.6 is 0 Å². The van der Waals surface area contributed by atoms with Crippen molar-refractivity contribution < 1.29 is 0 Å². The first-order chi connectivity index (χ1) is 11.7. The van der Waals surface area contributed by atoms with E-state index in [2.05, 4.69) is 78.9 Å². The van der Waals surface area contributed by atoms with Gasteiger partial charge in [0.15, 0.2) is 0 Å². The van der Waals surface area contributed by atoms with E-state index in [1.54, 1.807) is 0 Å². The third kappa shape index (κ3) is 1.83. The molecule has 0 bridgehead atoms. The summed E-state index contributed by atoms with van der Waals surface area (Å²) in [6.45, 7) is 4.45. The van der Waals surface area contributed by atoms with Crippen LogP contribution in [-0.4, -0.2) is 4.98 Å². The minimum Gasteiger partial charge on any atom is -0.377 e. The Morgan fingerprint density at radius 3 is 2.79 bits per heavy atom.